The Morgan fingerprint density at radius 2 is 1.68 bits per heavy atom. The molecule has 4 N–H and O–H groups in total. The van der Waals surface area contributed by atoms with Gasteiger partial charge in [-0.3, -0.25) is 9.78 Å². The summed E-state index contributed by atoms with van der Waals surface area (Å²) in [7, 11) is 1.00. The molecule has 0 aliphatic rings. The predicted octanol–water partition coefficient (Wildman–Crippen LogP) is 2.21. The number of carbonyl (C=O) groups excluding carboxylic acids is 1. The Hall–Kier alpha value is -3.55. The fourth-order valence-electron chi connectivity index (χ4n) is 2.18. The first-order chi connectivity index (χ1) is 13.3. The largest absolute Gasteiger partial charge is 0.488 e. The van der Waals surface area contributed by atoms with Crippen LogP contribution < -0.4 is 10.2 Å². The van der Waals surface area contributed by atoms with E-state index < -0.39 is 0 Å². The summed E-state index contributed by atoms with van der Waals surface area (Å²) in [5.74, 6) is 0.412. The number of benzene rings is 2. The first-order valence-electron chi connectivity index (χ1n) is 8.27. The SMILES string of the molecule is CO.O.O=C(N/N=C/c1ccccc1OCc1ccccc1)c1ccncc1. The second-order valence-corrected chi connectivity index (χ2v) is 5.25. The third-order valence-electron chi connectivity index (χ3n) is 3.47. The molecule has 0 radical (unpaired) electrons. The summed E-state index contributed by atoms with van der Waals surface area (Å²) >= 11 is 0. The highest BCUT2D eigenvalue weighted by atomic mass is 16.5. The van der Waals surface area contributed by atoms with Gasteiger partial charge < -0.3 is 15.3 Å². The van der Waals surface area contributed by atoms with E-state index in [2.05, 4.69) is 15.5 Å². The average molecular weight is 381 g/mol. The highest BCUT2D eigenvalue weighted by molar-refractivity contribution is 5.94. The monoisotopic (exact) mass is 381 g/mol. The van der Waals surface area contributed by atoms with Gasteiger partial charge in [-0.2, -0.15) is 5.10 Å². The number of rotatable bonds is 6. The molecule has 0 spiro atoms. The fourth-order valence-corrected chi connectivity index (χ4v) is 2.18. The van der Waals surface area contributed by atoms with Crippen LogP contribution >= 0.6 is 0 Å². The minimum atomic E-state index is -0.290. The summed E-state index contributed by atoms with van der Waals surface area (Å²) in [6.07, 6.45) is 4.69. The van der Waals surface area contributed by atoms with Gasteiger partial charge in [0, 0.05) is 30.6 Å². The van der Waals surface area contributed by atoms with Crippen LogP contribution in [0.4, 0.5) is 0 Å². The number of aliphatic hydroxyl groups excluding tert-OH is 1. The quantitative estimate of drug-likeness (QED) is 0.503. The van der Waals surface area contributed by atoms with Crippen LogP contribution in [-0.4, -0.2) is 34.8 Å². The van der Waals surface area contributed by atoms with Crippen molar-refractivity contribution in [2.75, 3.05) is 7.11 Å². The summed E-state index contributed by atoms with van der Waals surface area (Å²) in [6.45, 7) is 0.467. The van der Waals surface area contributed by atoms with Crippen molar-refractivity contribution in [3.8, 4) is 5.75 Å². The highest BCUT2D eigenvalue weighted by Crippen LogP contribution is 2.17. The fraction of sp³-hybridized carbons (Fsp3) is 0.0952. The number of nitrogens with one attached hydrogen (secondary N) is 1. The van der Waals surface area contributed by atoms with E-state index in [0.717, 1.165) is 18.2 Å². The Morgan fingerprint density at radius 1 is 1.04 bits per heavy atom. The van der Waals surface area contributed by atoms with Crippen molar-refractivity contribution in [3.05, 3.63) is 95.8 Å². The van der Waals surface area contributed by atoms with Crippen LogP contribution in [0.5, 0.6) is 5.75 Å². The molecule has 146 valence electrons. The minimum absolute atomic E-state index is 0. The smallest absolute Gasteiger partial charge is 0.271 e. The number of nitrogens with zero attached hydrogens (tertiary/aromatic N) is 2. The number of pyridine rings is 1. The summed E-state index contributed by atoms with van der Waals surface area (Å²) in [5.41, 5.74) is 4.87. The topological polar surface area (TPSA) is 115 Å². The molecule has 0 saturated heterocycles. The Kier molecular flexibility index (Phi) is 10.2. The second kappa shape index (κ2) is 12.7. The molecule has 0 aliphatic carbocycles. The van der Waals surface area contributed by atoms with Gasteiger partial charge in [0.2, 0.25) is 0 Å². The molecule has 0 aliphatic heterocycles. The van der Waals surface area contributed by atoms with E-state index in [0.29, 0.717) is 17.9 Å². The molecule has 7 heteroatoms. The molecule has 0 unspecified atom stereocenters. The Balaban J connectivity index is 0.00000127. The second-order valence-electron chi connectivity index (χ2n) is 5.25. The lowest BCUT2D eigenvalue weighted by molar-refractivity contribution is 0.0955. The molecular formula is C21H23N3O4. The lowest BCUT2D eigenvalue weighted by atomic mass is 10.2. The van der Waals surface area contributed by atoms with Crippen LogP contribution in [0.15, 0.2) is 84.2 Å². The van der Waals surface area contributed by atoms with Crippen molar-refractivity contribution in [2.45, 2.75) is 6.61 Å². The van der Waals surface area contributed by atoms with Gasteiger partial charge in [-0.1, -0.05) is 42.5 Å². The van der Waals surface area contributed by atoms with Gasteiger partial charge in [0.15, 0.2) is 0 Å². The standard InChI is InChI=1S/C20H17N3O2.CH4O.H2O/c24-20(17-10-12-21-13-11-17)23-22-14-18-8-4-5-9-19(18)25-15-16-6-2-1-3-7-16;1-2;/h1-14H,15H2,(H,23,24);2H,1H3;1H2/b22-14+;;. The molecule has 7 nitrogen and oxygen atoms in total. The highest BCUT2D eigenvalue weighted by Gasteiger charge is 2.04. The van der Waals surface area contributed by atoms with Crippen LogP contribution in [0.2, 0.25) is 0 Å². The van der Waals surface area contributed by atoms with Gasteiger partial charge in [0.1, 0.15) is 12.4 Å². The molecule has 0 saturated carbocycles. The zero-order valence-electron chi connectivity index (χ0n) is 15.4. The summed E-state index contributed by atoms with van der Waals surface area (Å²) in [5, 5.41) is 11.0. The van der Waals surface area contributed by atoms with Crippen LogP contribution in [0, 0.1) is 0 Å². The van der Waals surface area contributed by atoms with Crippen molar-refractivity contribution in [1.29, 1.82) is 0 Å². The van der Waals surface area contributed by atoms with E-state index in [-0.39, 0.29) is 11.4 Å². The molecule has 1 heterocycles. The van der Waals surface area contributed by atoms with Gasteiger partial charge in [-0.05, 0) is 29.8 Å². The van der Waals surface area contributed by atoms with Crippen LogP contribution in [0.1, 0.15) is 21.5 Å². The first kappa shape index (κ1) is 22.5. The Bertz CT molecular complexity index is 856. The molecule has 3 rings (SSSR count). The average Bonchev–Trinajstić information content (AvgIpc) is 2.76. The number of ether oxygens (including phenoxy) is 1. The van der Waals surface area contributed by atoms with Gasteiger partial charge >= 0.3 is 0 Å². The number of aromatic nitrogens is 1. The molecule has 0 fully saturated rings. The number of hydrogen-bond donors (Lipinski definition) is 2. The summed E-state index contributed by atoms with van der Waals surface area (Å²) in [4.78, 5) is 15.8. The third kappa shape index (κ3) is 6.99. The Labute approximate surface area is 163 Å². The maximum absolute atomic E-state index is 11.9. The maximum atomic E-state index is 11.9. The molecule has 1 aromatic heterocycles. The van der Waals surface area contributed by atoms with E-state index in [4.69, 9.17) is 9.84 Å². The molecular weight excluding hydrogens is 358 g/mol. The number of hydrazone groups is 1. The van der Waals surface area contributed by atoms with Crippen LogP contribution in [0.3, 0.4) is 0 Å². The van der Waals surface area contributed by atoms with Crippen LogP contribution in [-0.2, 0) is 6.61 Å². The van der Waals surface area contributed by atoms with Crippen molar-refractivity contribution in [3.63, 3.8) is 0 Å². The zero-order valence-corrected chi connectivity index (χ0v) is 15.4. The lowest BCUT2D eigenvalue weighted by Crippen LogP contribution is -2.17. The van der Waals surface area contributed by atoms with Gasteiger partial charge in [0.05, 0.1) is 6.21 Å². The predicted molar refractivity (Wildman–Crippen MR) is 108 cm³/mol. The molecule has 3 aromatic rings. The minimum Gasteiger partial charge on any atom is -0.488 e. The number of para-hydroxylation sites is 1. The van der Waals surface area contributed by atoms with Gasteiger partial charge in [-0.15, -0.1) is 0 Å². The molecule has 0 atom stereocenters. The third-order valence-corrected chi connectivity index (χ3v) is 3.47. The van der Waals surface area contributed by atoms with Crippen LogP contribution in [0.25, 0.3) is 0 Å². The van der Waals surface area contributed by atoms with Crippen molar-refractivity contribution in [2.24, 2.45) is 5.10 Å². The van der Waals surface area contributed by atoms with Crippen molar-refractivity contribution < 1.29 is 20.1 Å². The van der Waals surface area contributed by atoms with E-state index in [1.165, 1.54) is 0 Å². The number of carbonyl (C=O) groups is 1. The van der Waals surface area contributed by atoms with E-state index >= 15 is 0 Å². The number of amides is 1. The summed E-state index contributed by atoms with van der Waals surface area (Å²) < 4.78 is 5.85. The normalized spacial score (nSPS) is 9.64. The van der Waals surface area contributed by atoms with E-state index in [9.17, 15) is 4.79 Å². The summed E-state index contributed by atoms with van der Waals surface area (Å²) in [6, 6.07) is 20.7. The van der Waals surface area contributed by atoms with Crippen molar-refractivity contribution >= 4 is 12.1 Å². The van der Waals surface area contributed by atoms with Crippen molar-refractivity contribution in [1.82, 2.24) is 10.4 Å². The lowest BCUT2D eigenvalue weighted by Gasteiger charge is -2.09. The van der Waals surface area contributed by atoms with E-state index in [1.54, 1.807) is 30.7 Å². The molecule has 1 amide bonds. The molecule has 0 bridgehead atoms. The first-order valence-corrected chi connectivity index (χ1v) is 8.27. The number of hydrogen-bond acceptors (Lipinski definition) is 5. The zero-order chi connectivity index (χ0) is 19.3. The van der Waals surface area contributed by atoms with Gasteiger partial charge in [-0.25, -0.2) is 5.43 Å². The molecule has 28 heavy (non-hydrogen) atoms. The Morgan fingerprint density at radius 3 is 2.39 bits per heavy atom. The maximum Gasteiger partial charge on any atom is 0.271 e. The van der Waals surface area contributed by atoms with Gasteiger partial charge in [0.25, 0.3) is 5.91 Å². The van der Waals surface area contributed by atoms with E-state index in [1.807, 2.05) is 54.6 Å². The number of aliphatic hydroxyl groups is 1. The molecule has 2 aromatic carbocycles.